The summed E-state index contributed by atoms with van der Waals surface area (Å²) in [5.41, 5.74) is 1.13. The number of hydrogen-bond acceptors (Lipinski definition) is 6. The van der Waals surface area contributed by atoms with E-state index in [4.69, 9.17) is 25.5 Å². The summed E-state index contributed by atoms with van der Waals surface area (Å²) in [7, 11) is 1.49. The number of fused-ring (bicyclic) bond motifs is 1. The molecule has 32 heavy (non-hydrogen) atoms. The summed E-state index contributed by atoms with van der Waals surface area (Å²) in [6.07, 6.45) is -0.877. The highest BCUT2D eigenvalue weighted by Crippen LogP contribution is 2.33. The third kappa shape index (κ3) is 4.31. The molecule has 0 spiro atoms. The van der Waals surface area contributed by atoms with Gasteiger partial charge in [-0.2, -0.15) is 0 Å². The van der Waals surface area contributed by atoms with Crippen molar-refractivity contribution >= 4 is 35.1 Å². The molecule has 2 amide bonds. The van der Waals surface area contributed by atoms with Crippen LogP contribution in [-0.4, -0.2) is 44.1 Å². The maximum Gasteiger partial charge on any atom is 0.374 e. The Bertz CT molecular complexity index is 1170. The molecule has 8 nitrogen and oxygen atoms in total. The van der Waals surface area contributed by atoms with Gasteiger partial charge in [0.2, 0.25) is 5.76 Å². The number of hydrogen-bond donors (Lipinski definition) is 1. The van der Waals surface area contributed by atoms with Crippen LogP contribution in [0.5, 0.6) is 5.75 Å². The van der Waals surface area contributed by atoms with Crippen LogP contribution in [0.1, 0.15) is 10.6 Å². The molecule has 1 N–H and O–H groups in total. The molecule has 9 heteroatoms. The first-order valence-corrected chi connectivity index (χ1v) is 10.1. The molecule has 0 fully saturated rings. The van der Waals surface area contributed by atoms with E-state index in [0.717, 1.165) is 0 Å². The smallest absolute Gasteiger partial charge is 0.374 e. The average Bonchev–Trinajstić information content (AvgIpc) is 3.31. The largest absolute Gasteiger partial charge is 0.477 e. The van der Waals surface area contributed by atoms with Crippen LogP contribution in [0.3, 0.4) is 0 Å². The quantitative estimate of drug-likeness (QED) is 0.594. The van der Waals surface area contributed by atoms with Gasteiger partial charge in [0.15, 0.2) is 12.7 Å². The molecular formula is C23H19ClN2O6. The Morgan fingerprint density at radius 2 is 1.84 bits per heavy atom. The number of nitrogens with one attached hydrogen (secondary N) is 1. The molecule has 0 bridgehead atoms. The van der Waals surface area contributed by atoms with Crippen LogP contribution < -0.4 is 15.0 Å². The Hall–Kier alpha value is -3.78. The number of rotatable bonds is 5. The van der Waals surface area contributed by atoms with Crippen LogP contribution >= 0.6 is 11.6 Å². The maximum atomic E-state index is 12.8. The van der Waals surface area contributed by atoms with E-state index in [9.17, 15) is 14.4 Å². The van der Waals surface area contributed by atoms with Crippen LogP contribution in [0.15, 0.2) is 65.1 Å². The van der Waals surface area contributed by atoms with E-state index < -0.39 is 24.6 Å². The number of nitrogens with zero attached hydrogens (tertiary/aromatic N) is 1. The van der Waals surface area contributed by atoms with Crippen molar-refractivity contribution in [1.29, 1.82) is 0 Å². The van der Waals surface area contributed by atoms with Crippen LogP contribution in [0.2, 0.25) is 5.02 Å². The second-order valence-electron chi connectivity index (χ2n) is 6.91. The van der Waals surface area contributed by atoms with Gasteiger partial charge in [0, 0.05) is 12.6 Å². The number of likely N-dealkylation sites (N-methyl/N-ethyl adjacent to an activating group) is 1. The van der Waals surface area contributed by atoms with Gasteiger partial charge in [-0.05, 0) is 36.4 Å². The summed E-state index contributed by atoms with van der Waals surface area (Å²) >= 11 is 6.16. The van der Waals surface area contributed by atoms with Crippen molar-refractivity contribution in [3.63, 3.8) is 0 Å². The van der Waals surface area contributed by atoms with Crippen LogP contribution in [0.4, 0.5) is 5.69 Å². The fourth-order valence-electron chi connectivity index (χ4n) is 3.30. The van der Waals surface area contributed by atoms with Crippen LogP contribution in [-0.2, 0) is 14.3 Å². The molecule has 2 heterocycles. The van der Waals surface area contributed by atoms with Crippen LogP contribution in [0.25, 0.3) is 11.3 Å². The highest BCUT2D eigenvalue weighted by atomic mass is 35.5. The molecule has 0 radical (unpaired) electrons. The van der Waals surface area contributed by atoms with E-state index in [2.05, 4.69) is 5.32 Å². The Kier molecular flexibility index (Phi) is 6.13. The lowest BCUT2D eigenvalue weighted by molar-refractivity contribution is -0.128. The lowest BCUT2D eigenvalue weighted by Crippen LogP contribution is -2.51. The topological polar surface area (TPSA) is 98.1 Å². The summed E-state index contributed by atoms with van der Waals surface area (Å²) in [4.78, 5) is 38.7. The molecule has 3 aromatic rings. The standard InChI is InChI=1S/C23H19ClN2O6/c1-25-22(28)20-12-26(16-8-4-5-9-18(16)32-20)21(27)13-30-23(29)19-11-10-17(31-19)14-6-2-3-7-15(14)24/h2-11,20H,12-13H2,1H3,(H,25,28). The highest BCUT2D eigenvalue weighted by Gasteiger charge is 2.33. The van der Waals surface area contributed by atoms with Crippen molar-refractivity contribution < 1.29 is 28.3 Å². The minimum Gasteiger partial charge on any atom is -0.477 e. The number of ether oxygens (including phenoxy) is 2. The van der Waals surface area contributed by atoms with Gasteiger partial charge in [-0.1, -0.05) is 35.9 Å². The van der Waals surface area contributed by atoms with Gasteiger partial charge in [-0.25, -0.2) is 4.79 Å². The van der Waals surface area contributed by atoms with Crippen LogP contribution in [0, 0.1) is 0 Å². The highest BCUT2D eigenvalue weighted by molar-refractivity contribution is 6.33. The predicted octanol–water partition coefficient (Wildman–Crippen LogP) is 3.30. The number of esters is 1. The lowest BCUT2D eigenvalue weighted by atomic mass is 10.1. The summed E-state index contributed by atoms with van der Waals surface area (Å²) in [5.74, 6) is -0.913. The average molecular weight is 455 g/mol. The van der Waals surface area contributed by atoms with Crippen molar-refractivity contribution in [3.8, 4) is 17.1 Å². The number of carbonyl (C=O) groups is 3. The normalized spacial score (nSPS) is 14.8. The number of halogens is 1. The minimum absolute atomic E-state index is 0.00945. The molecule has 1 aromatic heterocycles. The van der Waals surface area contributed by atoms with E-state index in [1.54, 1.807) is 54.6 Å². The number of furan rings is 1. The second kappa shape index (κ2) is 9.15. The van der Waals surface area contributed by atoms with Gasteiger partial charge in [0.1, 0.15) is 11.5 Å². The van der Waals surface area contributed by atoms with E-state index in [1.807, 2.05) is 0 Å². The van der Waals surface area contributed by atoms with Crippen molar-refractivity contribution in [1.82, 2.24) is 5.32 Å². The fraction of sp³-hybridized carbons (Fsp3) is 0.174. The second-order valence-corrected chi connectivity index (χ2v) is 7.32. The molecule has 1 aliphatic rings. The summed E-state index contributed by atoms with van der Waals surface area (Å²) < 4.78 is 16.4. The van der Waals surface area contributed by atoms with E-state index in [-0.39, 0.29) is 18.2 Å². The van der Waals surface area contributed by atoms with Gasteiger partial charge in [-0.3, -0.25) is 9.59 Å². The Labute approximate surface area is 188 Å². The number of carbonyl (C=O) groups excluding carboxylic acids is 3. The Morgan fingerprint density at radius 3 is 2.62 bits per heavy atom. The third-order valence-electron chi connectivity index (χ3n) is 4.89. The molecule has 1 atom stereocenters. The first-order valence-electron chi connectivity index (χ1n) is 9.77. The number of benzene rings is 2. The van der Waals surface area contributed by atoms with E-state index >= 15 is 0 Å². The monoisotopic (exact) mass is 454 g/mol. The van der Waals surface area contributed by atoms with Crippen molar-refractivity contribution in [2.45, 2.75) is 6.10 Å². The van der Waals surface area contributed by atoms with E-state index in [1.165, 1.54) is 18.0 Å². The van der Waals surface area contributed by atoms with Gasteiger partial charge < -0.3 is 24.1 Å². The maximum absolute atomic E-state index is 12.8. The zero-order valence-electron chi connectivity index (χ0n) is 17.0. The van der Waals surface area contributed by atoms with Gasteiger partial charge in [0.25, 0.3) is 11.8 Å². The first-order chi connectivity index (χ1) is 15.5. The number of anilines is 1. The minimum atomic E-state index is -0.877. The van der Waals surface area contributed by atoms with Crippen molar-refractivity contribution in [2.75, 3.05) is 25.1 Å². The SMILES string of the molecule is CNC(=O)C1CN(C(=O)COC(=O)c2ccc(-c3ccccc3Cl)o2)c2ccccc2O1. The molecular weight excluding hydrogens is 436 g/mol. The summed E-state index contributed by atoms with van der Waals surface area (Å²) in [5, 5.41) is 2.99. The Morgan fingerprint density at radius 1 is 1.09 bits per heavy atom. The number of amides is 2. The van der Waals surface area contributed by atoms with Crippen molar-refractivity contribution in [3.05, 3.63) is 71.4 Å². The molecule has 0 saturated carbocycles. The summed E-state index contributed by atoms with van der Waals surface area (Å²) in [6, 6.07) is 17.0. The zero-order valence-corrected chi connectivity index (χ0v) is 17.8. The van der Waals surface area contributed by atoms with Crippen molar-refractivity contribution in [2.24, 2.45) is 0 Å². The molecule has 0 saturated heterocycles. The number of para-hydroxylation sites is 2. The molecule has 2 aromatic carbocycles. The van der Waals surface area contributed by atoms with Gasteiger partial charge in [-0.15, -0.1) is 0 Å². The first kappa shape index (κ1) is 21.5. The Balaban J connectivity index is 1.45. The van der Waals surface area contributed by atoms with E-state index in [0.29, 0.717) is 27.8 Å². The third-order valence-corrected chi connectivity index (χ3v) is 5.22. The fourth-order valence-corrected chi connectivity index (χ4v) is 3.53. The van der Waals surface area contributed by atoms with Gasteiger partial charge in [0.05, 0.1) is 17.3 Å². The molecule has 164 valence electrons. The molecule has 1 unspecified atom stereocenters. The predicted molar refractivity (Wildman–Crippen MR) is 117 cm³/mol. The molecule has 1 aliphatic heterocycles. The van der Waals surface area contributed by atoms with Gasteiger partial charge >= 0.3 is 5.97 Å². The zero-order chi connectivity index (χ0) is 22.7. The molecule has 4 rings (SSSR count). The lowest BCUT2D eigenvalue weighted by Gasteiger charge is -2.33. The molecule has 0 aliphatic carbocycles. The summed E-state index contributed by atoms with van der Waals surface area (Å²) in [6.45, 7) is -0.541.